The van der Waals surface area contributed by atoms with E-state index in [0.29, 0.717) is 0 Å². The molecule has 21 heavy (non-hydrogen) atoms. The lowest BCUT2D eigenvalue weighted by Crippen LogP contribution is -2.23. The molecule has 0 saturated heterocycles. The van der Waals surface area contributed by atoms with E-state index in [1.54, 1.807) is 0 Å². The molecule has 0 amide bonds. The molecule has 0 spiro atoms. The molecule has 2 N–H and O–H groups in total. The maximum atomic E-state index is 6.01. The Morgan fingerprint density at radius 1 is 1.00 bits per heavy atom. The van der Waals surface area contributed by atoms with Gasteiger partial charge in [-0.1, -0.05) is 49.7 Å². The predicted molar refractivity (Wildman–Crippen MR) is 92.2 cm³/mol. The van der Waals surface area contributed by atoms with Crippen LogP contribution < -0.4 is 10.6 Å². The molecule has 0 aliphatic carbocycles. The number of hydrogen-bond acceptors (Lipinski definition) is 2. The Morgan fingerprint density at radius 3 is 2.33 bits per heavy atom. The average molecular weight is 282 g/mol. The third kappa shape index (κ3) is 4.33. The molecule has 0 aliphatic heterocycles. The van der Waals surface area contributed by atoms with E-state index in [4.69, 9.17) is 5.73 Å². The molecule has 2 aromatic rings. The largest absolute Gasteiger partial charge is 0.341 e. The lowest BCUT2D eigenvalue weighted by Gasteiger charge is -2.28. The topological polar surface area (TPSA) is 29.3 Å². The van der Waals surface area contributed by atoms with Crippen molar-refractivity contribution >= 4 is 11.4 Å². The van der Waals surface area contributed by atoms with E-state index in [0.717, 1.165) is 13.0 Å². The molecular weight excluding hydrogens is 256 g/mol. The van der Waals surface area contributed by atoms with Crippen molar-refractivity contribution in [1.29, 1.82) is 0 Å². The van der Waals surface area contributed by atoms with Gasteiger partial charge in [0.15, 0.2) is 0 Å². The smallest absolute Gasteiger partial charge is 0.0443 e. The molecule has 0 saturated carbocycles. The van der Waals surface area contributed by atoms with Crippen LogP contribution in [0.3, 0.4) is 0 Å². The summed E-state index contributed by atoms with van der Waals surface area (Å²) in [5, 5.41) is 0. The van der Waals surface area contributed by atoms with Gasteiger partial charge in [-0.25, -0.2) is 0 Å². The zero-order valence-electron chi connectivity index (χ0n) is 13.1. The minimum atomic E-state index is 0.176. The molecule has 2 rings (SSSR count). The first kappa shape index (κ1) is 15.6. The van der Waals surface area contributed by atoms with Crippen molar-refractivity contribution in [1.82, 2.24) is 0 Å². The molecule has 0 aliphatic rings. The van der Waals surface area contributed by atoms with E-state index in [1.165, 1.54) is 29.8 Å². The van der Waals surface area contributed by atoms with Gasteiger partial charge in [0.1, 0.15) is 0 Å². The monoisotopic (exact) mass is 282 g/mol. The van der Waals surface area contributed by atoms with Crippen molar-refractivity contribution in [2.45, 2.75) is 39.2 Å². The SMILES string of the molecule is CCCCN(c1ccccc1)c1ccccc1CC(C)N. The molecule has 0 aromatic heterocycles. The van der Waals surface area contributed by atoms with Crippen molar-refractivity contribution in [3.8, 4) is 0 Å². The van der Waals surface area contributed by atoms with Crippen molar-refractivity contribution in [2.75, 3.05) is 11.4 Å². The van der Waals surface area contributed by atoms with Crippen molar-refractivity contribution in [2.24, 2.45) is 5.73 Å². The van der Waals surface area contributed by atoms with Gasteiger partial charge >= 0.3 is 0 Å². The quantitative estimate of drug-likeness (QED) is 0.809. The maximum absolute atomic E-state index is 6.01. The Morgan fingerprint density at radius 2 is 1.67 bits per heavy atom. The Labute approximate surface area is 128 Å². The molecule has 0 heterocycles. The van der Waals surface area contributed by atoms with Crippen LogP contribution in [0.15, 0.2) is 54.6 Å². The van der Waals surface area contributed by atoms with Gasteiger partial charge in [-0.05, 0) is 43.5 Å². The van der Waals surface area contributed by atoms with Gasteiger partial charge < -0.3 is 10.6 Å². The highest BCUT2D eigenvalue weighted by atomic mass is 15.1. The highest BCUT2D eigenvalue weighted by Crippen LogP contribution is 2.29. The van der Waals surface area contributed by atoms with E-state index in [1.807, 2.05) is 0 Å². The second-order valence-corrected chi connectivity index (χ2v) is 5.65. The van der Waals surface area contributed by atoms with Crippen LogP contribution in [0, 0.1) is 0 Å². The number of benzene rings is 2. The van der Waals surface area contributed by atoms with Crippen LogP contribution in [0.5, 0.6) is 0 Å². The summed E-state index contributed by atoms with van der Waals surface area (Å²) in [6.07, 6.45) is 3.28. The van der Waals surface area contributed by atoms with Gasteiger partial charge in [-0.15, -0.1) is 0 Å². The van der Waals surface area contributed by atoms with Crippen molar-refractivity contribution in [3.05, 3.63) is 60.2 Å². The first-order valence-electron chi connectivity index (χ1n) is 7.88. The number of para-hydroxylation sites is 2. The summed E-state index contributed by atoms with van der Waals surface area (Å²) in [4.78, 5) is 2.42. The summed E-state index contributed by atoms with van der Waals surface area (Å²) in [5.41, 5.74) is 9.88. The first-order valence-corrected chi connectivity index (χ1v) is 7.88. The fraction of sp³-hybridized carbons (Fsp3) is 0.368. The highest BCUT2D eigenvalue weighted by Gasteiger charge is 2.13. The number of anilines is 2. The van der Waals surface area contributed by atoms with Gasteiger partial charge in [0.05, 0.1) is 0 Å². The number of nitrogens with zero attached hydrogens (tertiary/aromatic N) is 1. The minimum Gasteiger partial charge on any atom is -0.341 e. The van der Waals surface area contributed by atoms with Crippen LogP contribution in [0.25, 0.3) is 0 Å². The van der Waals surface area contributed by atoms with Gasteiger partial charge in [0.25, 0.3) is 0 Å². The second-order valence-electron chi connectivity index (χ2n) is 5.65. The summed E-state index contributed by atoms with van der Waals surface area (Å²) >= 11 is 0. The third-order valence-corrected chi connectivity index (χ3v) is 3.63. The Kier molecular flexibility index (Phi) is 5.82. The Balaban J connectivity index is 2.37. The van der Waals surface area contributed by atoms with E-state index >= 15 is 0 Å². The van der Waals surface area contributed by atoms with Gasteiger partial charge in [-0.3, -0.25) is 0 Å². The molecule has 112 valence electrons. The Bertz CT molecular complexity index is 534. The summed E-state index contributed by atoms with van der Waals surface area (Å²) in [7, 11) is 0. The van der Waals surface area contributed by atoms with Gasteiger partial charge in [0, 0.05) is 24.0 Å². The summed E-state index contributed by atoms with van der Waals surface area (Å²) < 4.78 is 0. The summed E-state index contributed by atoms with van der Waals surface area (Å²) in [6, 6.07) is 19.4. The lowest BCUT2D eigenvalue weighted by atomic mass is 10.0. The number of nitrogens with two attached hydrogens (primary N) is 1. The van der Waals surface area contributed by atoms with Crippen LogP contribution in [0.1, 0.15) is 32.3 Å². The van der Waals surface area contributed by atoms with Gasteiger partial charge in [0.2, 0.25) is 0 Å². The molecule has 0 fully saturated rings. The van der Waals surface area contributed by atoms with Crippen LogP contribution in [0.2, 0.25) is 0 Å². The fourth-order valence-corrected chi connectivity index (χ4v) is 2.61. The molecule has 2 aromatic carbocycles. The van der Waals surface area contributed by atoms with Crippen LogP contribution in [-0.2, 0) is 6.42 Å². The summed E-state index contributed by atoms with van der Waals surface area (Å²) in [6.45, 7) is 5.34. The highest BCUT2D eigenvalue weighted by molar-refractivity contribution is 5.66. The molecule has 1 atom stereocenters. The molecule has 2 heteroatoms. The molecular formula is C19H26N2. The van der Waals surface area contributed by atoms with Crippen molar-refractivity contribution < 1.29 is 0 Å². The van der Waals surface area contributed by atoms with Crippen molar-refractivity contribution in [3.63, 3.8) is 0 Å². The Hall–Kier alpha value is -1.80. The average Bonchev–Trinajstić information content (AvgIpc) is 2.50. The van der Waals surface area contributed by atoms with E-state index in [9.17, 15) is 0 Å². The molecule has 0 radical (unpaired) electrons. The van der Waals surface area contributed by atoms with Crippen LogP contribution in [0.4, 0.5) is 11.4 Å². The first-order chi connectivity index (χ1) is 10.2. The number of hydrogen-bond donors (Lipinski definition) is 1. The summed E-state index contributed by atoms with van der Waals surface area (Å²) in [5.74, 6) is 0. The normalized spacial score (nSPS) is 12.1. The zero-order valence-corrected chi connectivity index (χ0v) is 13.1. The molecule has 2 nitrogen and oxygen atoms in total. The second kappa shape index (κ2) is 7.84. The van der Waals surface area contributed by atoms with Crippen LogP contribution >= 0.6 is 0 Å². The number of rotatable bonds is 7. The van der Waals surface area contributed by atoms with E-state index in [-0.39, 0.29) is 6.04 Å². The number of unbranched alkanes of at least 4 members (excludes halogenated alkanes) is 1. The van der Waals surface area contributed by atoms with Crippen LogP contribution in [-0.4, -0.2) is 12.6 Å². The lowest BCUT2D eigenvalue weighted by molar-refractivity contribution is 0.731. The standard InChI is InChI=1S/C19H26N2/c1-3-4-14-21(18-11-6-5-7-12-18)19-13-9-8-10-17(19)15-16(2)20/h5-13,16H,3-4,14-15,20H2,1-2H3. The van der Waals surface area contributed by atoms with Gasteiger partial charge in [-0.2, -0.15) is 0 Å². The molecule has 0 bridgehead atoms. The van der Waals surface area contributed by atoms with E-state index < -0.39 is 0 Å². The zero-order chi connectivity index (χ0) is 15.1. The minimum absolute atomic E-state index is 0.176. The third-order valence-electron chi connectivity index (χ3n) is 3.63. The predicted octanol–water partition coefficient (Wildman–Crippen LogP) is 4.51. The fourth-order valence-electron chi connectivity index (χ4n) is 2.61. The van der Waals surface area contributed by atoms with E-state index in [2.05, 4.69) is 73.3 Å². The molecule has 1 unspecified atom stereocenters. The maximum Gasteiger partial charge on any atom is 0.0443 e.